The van der Waals surface area contributed by atoms with Gasteiger partial charge in [-0.1, -0.05) is 12.1 Å². The van der Waals surface area contributed by atoms with E-state index >= 15 is 0 Å². The molecule has 0 aliphatic heterocycles. The van der Waals surface area contributed by atoms with Crippen molar-refractivity contribution in [2.45, 2.75) is 0 Å². The lowest BCUT2D eigenvalue weighted by atomic mass is 10.1. The number of H-pyrrole nitrogens is 1. The van der Waals surface area contributed by atoms with E-state index in [1.54, 1.807) is 36.7 Å². The summed E-state index contributed by atoms with van der Waals surface area (Å²) in [6, 6.07) is 6.73. The molecule has 92 valence electrons. The fraction of sp³-hybridized carbons (Fsp3) is 0.0833. The third-order valence-corrected chi connectivity index (χ3v) is 2.32. The van der Waals surface area contributed by atoms with E-state index in [-0.39, 0.29) is 0 Å². The smallest absolute Gasteiger partial charge is 0.322 e. The predicted octanol–water partition coefficient (Wildman–Crippen LogP) is 0.891. The number of carboxylic acid groups (broad SMARTS) is 1. The summed E-state index contributed by atoms with van der Waals surface area (Å²) in [4.78, 5) is 28.9. The second-order valence-corrected chi connectivity index (χ2v) is 3.59. The highest BCUT2D eigenvalue weighted by Gasteiger charge is 2.07. The van der Waals surface area contributed by atoms with E-state index in [4.69, 9.17) is 5.11 Å². The molecule has 1 amide bonds. The lowest BCUT2D eigenvalue weighted by molar-refractivity contribution is -0.135. The Hall–Kier alpha value is -2.63. The van der Waals surface area contributed by atoms with Crippen LogP contribution in [0.1, 0.15) is 10.4 Å². The number of imidazole rings is 1. The van der Waals surface area contributed by atoms with Crippen molar-refractivity contribution in [1.82, 2.24) is 15.3 Å². The maximum Gasteiger partial charge on any atom is 0.322 e. The van der Waals surface area contributed by atoms with Gasteiger partial charge in [0.05, 0.1) is 0 Å². The predicted molar refractivity (Wildman–Crippen MR) is 64.0 cm³/mol. The molecule has 1 aromatic carbocycles. The third kappa shape index (κ3) is 2.73. The van der Waals surface area contributed by atoms with E-state index in [1.165, 1.54) is 0 Å². The largest absolute Gasteiger partial charge is 0.480 e. The molecular formula is C12H11N3O3. The van der Waals surface area contributed by atoms with E-state index in [0.29, 0.717) is 11.4 Å². The molecule has 0 saturated carbocycles. The zero-order chi connectivity index (χ0) is 13.0. The summed E-state index contributed by atoms with van der Waals surface area (Å²) in [7, 11) is 0. The van der Waals surface area contributed by atoms with E-state index in [1.807, 2.05) is 0 Å². The summed E-state index contributed by atoms with van der Waals surface area (Å²) in [6.07, 6.45) is 3.35. The summed E-state index contributed by atoms with van der Waals surface area (Å²) in [5.74, 6) is -0.772. The Morgan fingerprint density at radius 3 is 2.56 bits per heavy atom. The summed E-state index contributed by atoms with van der Waals surface area (Å²) in [5.41, 5.74) is 1.27. The molecule has 0 spiro atoms. The Labute approximate surface area is 103 Å². The van der Waals surface area contributed by atoms with Gasteiger partial charge in [-0.3, -0.25) is 9.59 Å². The van der Waals surface area contributed by atoms with Crippen molar-refractivity contribution < 1.29 is 14.7 Å². The van der Waals surface area contributed by atoms with Crippen LogP contribution in [0.25, 0.3) is 11.4 Å². The van der Waals surface area contributed by atoms with Crippen molar-refractivity contribution in [1.29, 1.82) is 0 Å². The number of amides is 1. The van der Waals surface area contributed by atoms with Crippen LogP contribution >= 0.6 is 0 Å². The Morgan fingerprint density at radius 2 is 2.00 bits per heavy atom. The van der Waals surface area contributed by atoms with Crippen LogP contribution in [0.2, 0.25) is 0 Å². The van der Waals surface area contributed by atoms with Gasteiger partial charge in [-0.05, 0) is 12.1 Å². The third-order valence-electron chi connectivity index (χ3n) is 2.32. The van der Waals surface area contributed by atoms with Gasteiger partial charge in [0.2, 0.25) is 0 Å². The van der Waals surface area contributed by atoms with Crippen LogP contribution in [-0.4, -0.2) is 33.5 Å². The van der Waals surface area contributed by atoms with Crippen LogP contribution in [0.4, 0.5) is 0 Å². The number of benzene rings is 1. The first-order chi connectivity index (χ1) is 8.66. The molecule has 1 aromatic heterocycles. The second kappa shape index (κ2) is 5.13. The molecule has 2 rings (SSSR count). The van der Waals surface area contributed by atoms with Crippen molar-refractivity contribution in [3.05, 3.63) is 42.2 Å². The molecule has 3 N–H and O–H groups in total. The normalized spacial score (nSPS) is 10.0. The number of nitrogens with one attached hydrogen (secondary N) is 2. The molecule has 0 fully saturated rings. The van der Waals surface area contributed by atoms with E-state index < -0.39 is 18.4 Å². The Balaban J connectivity index is 2.08. The molecule has 1 heterocycles. The van der Waals surface area contributed by atoms with Crippen LogP contribution in [0.5, 0.6) is 0 Å². The highest BCUT2D eigenvalue weighted by atomic mass is 16.4. The van der Waals surface area contributed by atoms with Gasteiger partial charge >= 0.3 is 5.97 Å². The van der Waals surface area contributed by atoms with E-state index in [2.05, 4.69) is 15.3 Å². The van der Waals surface area contributed by atoms with Gasteiger partial charge in [0.25, 0.3) is 5.91 Å². The van der Waals surface area contributed by atoms with Crippen LogP contribution in [-0.2, 0) is 4.79 Å². The number of hydrogen-bond donors (Lipinski definition) is 3. The Kier molecular flexibility index (Phi) is 3.38. The topological polar surface area (TPSA) is 95.1 Å². The molecular weight excluding hydrogens is 234 g/mol. The number of nitrogens with zero attached hydrogens (tertiary/aromatic N) is 1. The lowest BCUT2D eigenvalue weighted by Crippen LogP contribution is -2.29. The van der Waals surface area contributed by atoms with Gasteiger partial charge in [-0.2, -0.15) is 0 Å². The van der Waals surface area contributed by atoms with Gasteiger partial charge in [0, 0.05) is 23.5 Å². The van der Waals surface area contributed by atoms with Crippen LogP contribution in [0, 0.1) is 0 Å². The van der Waals surface area contributed by atoms with Crippen molar-refractivity contribution in [2.75, 3.05) is 6.54 Å². The number of aliphatic carboxylic acids is 1. The van der Waals surface area contributed by atoms with Crippen molar-refractivity contribution in [3.8, 4) is 11.4 Å². The summed E-state index contributed by atoms with van der Waals surface area (Å²) < 4.78 is 0. The SMILES string of the molecule is O=C(O)CNC(=O)c1ccc(-c2ncc[nH]2)cc1. The van der Waals surface area contributed by atoms with Gasteiger partial charge in [0.15, 0.2) is 0 Å². The molecule has 2 aromatic rings. The Morgan fingerprint density at radius 1 is 1.28 bits per heavy atom. The average Bonchev–Trinajstić information content (AvgIpc) is 2.90. The first-order valence-corrected chi connectivity index (χ1v) is 5.26. The van der Waals surface area contributed by atoms with Crippen LogP contribution in [0.15, 0.2) is 36.7 Å². The summed E-state index contributed by atoms with van der Waals surface area (Å²) in [6.45, 7) is -0.390. The fourth-order valence-corrected chi connectivity index (χ4v) is 1.46. The first-order valence-electron chi connectivity index (χ1n) is 5.26. The van der Waals surface area contributed by atoms with Gasteiger partial charge in [-0.15, -0.1) is 0 Å². The highest BCUT2D eigenvalue weighted by molar-refractivity contribution is 5.96. The Bertz CT molecular complexity index is 546. The number of carbonyl (C=O) groups excluding carboxylic acids is 1. The van der Waals surface area contributed by atoms with Gasteiger partial charge < -0.3 is 15.4 Å². The number of carbonyl (C=O) groups is 2. The number of aromatic amines is 1. The number of aromatic nitrogens is 2. The maximum atomic E-state index is 11.5. The maximum absolute atomic E-state index is 11.5. The monoisotopic (exact) mass is 245 g/mol. The first kappa shape index (κ1) is 11.8. The lowest BCUT2D eigenvalue weighted by Gasteiger charge is -2.03. The minimum atomic E-state index is -1.07. The molecule has 0 aliphatic carbocycles. The quantitative estimate of drug-likeness (QED) is 0.745. The number of carboxylic acids is 1. The second-order valence-electron chi connectivity index (χ2n) is 3.59. The van der Waals surface area contributed by atoms with Crippen LogP contribution in [0.3, 0.4) is 0 Å². The number of rotatable bonds is 4. The minimum absolute atomic E-state index is 0.390. The molecule has 0 atom stereocenters. The van der Waals surface area contributed by atoms with Gasteiger partial charge in [0.1, 0.15) is 12.4 Å². The highest BCUT2D eigenvalue weighted by Crippen LogP contribution is 2.14. The number of hydrogen-bond acceptors (Lipinski definition) is 3. The summed E-state index contributed by atoms with van der Waals surface area (Å²) in [5, 5.41) is 10.7. The fourth-order valence-electron chi connectivity index (χ4n) is 1.46. The van der Waals surface area contributed by atoms with Crippen LogP contribution < -0.4 is 5.32 Å². The van der Waals surface area contributed by atoms with E-state index in [0.717, 1.165) is 5.56 Å². The molecule has 0 radical (unpaired) electrons. The molecule has 0 saturated heterocycles. The average molecular weight is 245 g/mol. The zero-order valence-corrected chi connectivity index (χ0v) is 9.38. The van der Waals surface area contributed by atoms with Gasteiger partial charge in [-0.25, -0.2) is 4.98 Å². The molecule has 6 nitrogen and oxygen atoms in total. The minimum Gasteiger partial charge on any atom is -0.480 e. The molecule has 0 bridgehead atoms. The molecule has 0 unspecified atom stereocenters. The summed E-state index contributed by atoms with van der Waals surface area (Å²) >= 11 is 0. The van der Waals surface area contributed by atoms with E-state index in [9.17, 15) is 9.59 Å². The zero-order valence-electron chi connectivity index (χ0n) is 9.38. The molecule has 18 heavy (non-hydrogen) atoms. The molecule has 6 heteroatoms. The van der Waals surface area contributed by atoms with Crippen molar-refractivity contribution in [2.24, 2.45) is 0 Å². The van der Waals surface area contributed by atoms with Crippen molar-refractivity contribution in [3.63, 3.8) is 0 Å². The standard InChI is InChI=1S/C12H11N3O3/c16-10(17)7-15-12(18)9-3-1-8(2-4-9)11-13-5-6-14-11/h1-6H,7H2,(H,13,14)(H,15,18)(H,16,17). The van der Waals surface area contributed by atoms with Crippen molar-refractivity contribution >= 4 is 11.9 Å². The molecule has 0 aliphatic rings.